The lowest BCUT2D eigenvalue weighted by molar-refractivity contribution is -0.183. The molecule has 0 heterocycles. The van der Waals surface area contributed by atoms with E-state index in [-0.39, 0.29) is 5.97 Å². The third kappa shape index (κ3) is 1.61. The summed E-state index contributed by atoms with van der Waals surface area (Å²) in [5, 5.41) is 3.39. The maximum atomic E-state index is 11.4. The van der Waals surface area contributed by atoms with Crippen LogP contribution in [0.3, 0.4) is 0 Å². The van der Waals surface area contributed by atoms with Crippen LogP contribution in [0.2, 0.25) is 0 Å². The van der Waals surface area contributed by atoms with Crippen molar-refractivity contribution in [3.63, 3.8) is 0 Å². The molecular formula is C13H17NO3. The lowest BCUT2D eigenvalue weighted by atomic mass is 9.51. The molecule has 4 heteroatoms. The third-order valence-corrected chi connectivity index (χ3v) is 4.65. The molecule has 4 aliphatic carbocycles. The summed E-state index contributed by atoms with van der Waals surface area (Å²) in [4.78, 5) is 22.6. The predicted molar refractivity (Wildman–Crippen MR) is 62.2 cm³/mol. The highest BCUT2D eigenvalue weighted by atomic mass is 16.6. The van der Waals surface area contributed by atoms with Crippen molar-refractivity contribution in [2.45, 2.75) is 49.7 Å². The molecule has 4 fully saturated rings. The van der Waals surface area contributed by atoms with Gasteiger partial charge in [-0.25, -0.2) is 4.79 Å². The van der Waals surface area contributed by atoms with Crippen molar-refractivity contribution in [1.82, 2.24) is 0 Å². The summed E-state index contributed by atoms with van der Waals surface area (Å²) in [7, 11) is 0. The second-order valence-corrected chi connectivity index (χ2v) is 6.08. The van der Waals surface area contributed by atoms with Crippen molar-refractivity contribution < 1.29 is 9.53 Å². The second kappa shape index (κ2) is 3.40. The highest BCUT2D eigenvalue weighted by Gasteiger charge is 2.60. The molecule has 0 N–H and O–H groups in total. The SMILES string of the molecule is C=CC(=O)OC12CC3CC(CC(N=O)(C3)C1)C2. The van der Waals surface area contributed by atoms with Crippen LogP contribution in [0.5, 0.6) is 0 Å². The Kier molecular flexibility index (Phi) is 2.19. The Morgan fingerprint density at radius 2 is 1.94 bits per heavy atom. The summed E-state index contributed by atoms with van der Waals surface area (Å²) in [6, 6.07) is 0. The number of hydrogen-bond donors (Lipinski definition) is 0. The second-order valence-electron chi connectivity index (χ2n) is 6.08. The van der Waals surface area contributed by atoms with Crippen LogP contribution in [-0.4, -0.2) is 17.1 Å². The van der Waals surface area contributed by atoms with E-state index in [0.717, 1.165) is 25.7 Å². The number of nitroso groups, excluding NO2 is 1. The van der Waals surface area contributed by atoms with E-state index in [1.165, 1.54) is 12.5 Å². The quantitative estimate of drug-likeness (QED) is 0.429. The first-order valence-electron chi connectivity index (χ1n) is 6.29. The minimum absolute atomic E-state index is 0.368. The Bertz CT molecular complexity index is 376. The normalized spacial score (nSPS) is 46.6. The number of carbonyl (C=O) groups is 1. The highest BCUT2D eigenvalue weighted by molar-refractivity contribution is 5.81. The van der Waals surface area contributed by atoms with E-state index in [4.69, 9.17) is 4.74 Å². The van der Waals surface area contributed by atoms with E-state index in [2.05, 4.69) is 11.8 Å². The Morgan fingerprint density at radius 3 is 2.47 bits per heavy atom. The molecule has 4 saturated carbocycles. The van der Waals surface area contributed by atoms with Gasteiger partial charge in [0.1, 0.15) is 11.1 Å². The number of carbonyl (C=O) groups excluding carboxylic acids is 1. The van der Waals surface area contributed by atoms with Crippen LogP contribution in [0.15, 0.2) is 17.8 Å². The molecule has 0 aliphatic heterocycles. The van der Waals surface area contributed by atoms with Crippen LogP contribution in [0.25, 0.3) is 0 Å². The van der Waals surface area contributed by atoms with Crippen LogP contribution in [-0.2, 0) is 9.53 Å². The van der Waals surface area contributed by atoms with Crippen molar-refractivity contribution in [3.8, 4) is 0 Å². The van der Waals surface area contributed by atoms with Gasteiger partial charge in [0.15, 0.2) is 0 Å². The van der Waals surface area contributed by atoms with Gasteiger partial charge in [0, 0.05) is 12.5 Å². The van der Waals surface area contributed by atoms with Gasteiger partial charge in [-0.05, 0) is 43.9 Å². The van der Waals surface area contributed by atoms with Gasteiger partial charge in [0.25, 0.3) is 0 Å². The molecule has 92 valence electrons. The molecule has 17 heavy (non-hydrogen) atoms. The molecule has 4 rings (SSSR count). The molecule has 0 saturated heterocycles. The molecule has 0 aromatic carbocycles. The smallest absolute Gasteiger partial charge is 0.330 e. The topological polar surface area (TPSA) is 55.7 Å². The van der Waals surface area contributed by atoms with Crippen molar-refractivity contribution in [2.75, 3.05) is 0 Å². The average molecular weight is 235 g/mol. The zero-order valence-corrected chi connectivity index (χ0v) is 9.85. The van der Waals surface area contributed by atoms with Gasteiger partial charge in [-0.3, -0.25) is 0 Å². The Morgan fingerprint density at radius 1 is 1.29 bits per heavy atom. The first-order valence-corrected chi connectivity index (χ1v) is 6.29. The fraction of sp³-hybridized carbons (Fsp3) is 0.769. The minimum Gasteiger partial charge on any atom is -0.456 e. The molecule has 0 aromatic rings. The molecule has 4 bridgehead atoms. The number of nitrogens with zero attached hydrogens (tertiary/aromatic N) is 1. The highest BCUT2D eigenvalue weighted by Crippen LogP contribution is 2.60. The summed E-state index contributed by atoms with van der Waals surface area (Å²) in [6.45, 7) is 3.44. The summed E-state index contributed by atoms with van der Waals surface area (Å²) >= 11 is 0. The van der Waals surface area contributed by atoms with Gasteiger partial charge in [0.2, 0.25) is 0 Å². The summed E-state index contributed by atoms with van der Waals surface area (Å²) in [6.07, 6.45) is 6.59. The van der Waals surface area contributed by atoms with Gasteiger partial charge in [-0.1, -0.05) is 11.8 Å². The average Bonchev–Trinajstić information content (AvgIpc) is 2.26. The van der Waals surface area contributed by atoms with E-state index in [1.54, 1.807) is 0 Å². The van der Waals surface area contributed by atoms with Crippen LogP contribution in [0.4, 0.5) is 0 Å². The van der Waals surface area contributed by atoms with Crippen molar-refractivity contribution in [1.29, 1.82) is 0 Å². The summed E-state index contributed by atoms with van der Waals surface area (Å²) < 4.78 is 5.57. The lowest BCUT2D eigenvalue weighted by Gasteiger charge is -2.58. The Hall–Kier alpha value is -1.19. The van der Waals surface area contributed by atoms with Crippen LogP contribution in [0, 0.1) is 16.7 Å². The zero-order chi connectivity index (χ0) is 12.1. The Balaban J connectivity index is 1.89. The number of esters is 1. The fourth-order valence-electron chi connectivity index (χ4n) is 4.61. The van der Waals surface area contributed by atoms with E-state index in [0.29, 0.717) is 18.3 Å². The summed E-state index contributed by atoms with van der Waals surface area (Å²) in [5.41, 5.74) is -0.880. The molecule has 2 atom stereocenters. The molecule has 0 spiro atoms. The number of hydrogen-bond acceptors (Lipinski definition) is 4. The van der Waals surface area contributed by atoms with Crippen LogP contribution < -0.4 is 0 Å². The van der Waals surface area contributed by atoms with E-state index < -0.39 is 11.1 Å². The predicted octanol–water partition coefficient (Wildman–Crippen LogP) is 2.57. The van der Waals surface area contributed by atoms with Crippen LogP contribution >= 0.6 is 0 Å². The molecule has 0 aromatic heterocycles. The van der Waals surface area contributed by atoms with Gasteiger partial charge in [-0.15, -0.1) is 0 Å². The zero-order valence-electron chi connectivity index (χ0n) is 9.85. The number of ether oxygens (including phenoxy) is 1. The summed E-state index contributed by atoms with van der Waals surface area (Å²) in [5.74, 6) is 0.645. The first kappa shape index (κ1) is 10.9. The minimum atomic E-state index is -0.453. The number of rotatable bonds is 3. The monoisotopic (exact) mass is 235 g/mol. The third-order valence-electron chi connectivity index (χ3n) is 4.65. The van der Waals surface area contributed by atoms with Gasteiger partial charge >= 0.3 is 5.97 Å². The van der Waals surface area contributed by atoms with Gasteiger partial charge < -0.3 is 4.74 Å². The molecular weight excluding hydrogens is 218 g/mol. The fourth-order valence-corrected chi connectivity index (χ4v) is 4.61. The molecule has 4 nitrogen and oxygen atoms in total. The van der Waals surface area contributed by atoms with E-state index in [9.17, 15) is 9.70 Å². The standard InChI is InChI=1S/C13H17NO3/c1-2-11(15)17-13-6-9-3-10(7-13)5-12(4-9,8-13)14-16/h2,9-10H,1,3-8H2. The van der Waals surface area contributed by atoms with Crippen LogP contribution in [0.1, 0.15) is 38.5 Å². The molecule has 2 unspecified atom stereocenters. The van der Waals surface area contributed by atoms with Crippen molar-refractivity contribution in [2.24, 2.45) is 17.0 Å². The largest absolute Gasteiger partial charge is 0.456 e. The van der Waals surface area contributed by atoms with Gasteiger partial charge in [-0.2, -0.15) is 4.91 Å². The van der Waals surface area contributed by atoms with Crippen molar-refractivity contribution >= 4 is 5.97 Å². The maximum absolute atomic E-state index is 11.4. The van der Waals surface area contributed by atoms with Gasteiger partial charge in [0.05, 0.1) is 0 Å². The molecule has 4 aliphatic rings. The maximum Gasteiger partial charge on any atom is 0.330 e. The molecule has 0 radical (unpaired) electrons. The van der Waals surface area contributed by atoms with Crippen molar-refractivity contribution in [3.05, 3.63) is 17.6 Å². The van der Waals surface area contributed by atoms with E-state index in [1.807, 2.05) is 0 Å². The lowest BCUT2D eigenvalue weighted by Crippen LogP contribution is -2.59. The Labute approximate surface area is 100 Å². The van der Waals surface area contributed by atoms with E-state index >= 15 is 0 Å². The molecule has 0 amide bonds. The first-order chi connectivity index (χ1) is 8.09.